The van der Waals surface area contributed by atoms with Crippen molar-refractivity contribution in [3.05, 3.63) is 53.9 Å². The van der Waals surface area contributed by atoms with E-state index in [0.29, 0.717) is 22.5 Å². The van der Waals surface area contributed by atoms with Gasteiger partial charge in [-0.3, -0.25) is 9.78 Å². The van der Waals surface area contributed by atoms with Gasteiger partial charge in [-0.1, -0.05) is 19.1 Å². The number of hydrogen-bond acceptors (Lipinski definition) is 6. The second-order valence-corrected chi connectivity index (χ2v) is 6.35. The number of rotatable bonds is 5. The van der Waals surface area contributed by atoms with E-state index in [1.54, 1.807) is 36.7 Å². The minimum atomic E-state index is -0.424. The maximum absolute atomic E-state index is 12.8. The number of nitrogens with one attached hydrogen (secondary N) is 1. The summed E-state index contributed by atoms with van der Waals surface area (Å²) in [4.78, 5) is 33.1. The number of nitrogens with zero attached hydrogens (tertiary/aromatic N) is 3. The molecular weight excluding hydrogens is 344 g/mol. The van der Waals surface area contributed by atoms with Crippen LogP contribution in [0.2, 0.25) is 0 Å². The van der Waals surface area contributed by atoms with Crippen LogP contribution < -0.4 is 5.32 Å². The molecule has 1 fully saturated rings. The lowest BCUT2D eigenvalue weighted by Gasteiger charge is -2.34. The van der Waals surface area contributed by atoms with E-state index in [1.807, 2.05) is 11.0 Å². The van der Waals surface area contributed by atoms with Crippen LogP contribution in [-0.2, 0) is 4.74 Å². The number of anilines is 2. The van der Waals surface area contributed by atoms with Gasteiger partial charge in [-0.25, -0.2) is 4.79 Å². The van der Waals surface area contributed by atoms with Crippen LogP contribution in [0.4, 0.5) is 11.4 Å². The molecule has 1 aliphatic rings. The molecule has 1 aromatic carbocycles. The molecule has 0 bridgehead atoms. The van der Waals surface area contributed by atoms with Gasteiger partial charge in [-0.05, 0) is 24.7 Å². The van der Waals surface area contributed by atoms with Crippen molar-refractivity contribution in [2.45, 2.75) is 6.92 Å². The second kappa shape index (κ2) is 8.64. The summed E-state index contributed by atoms with van der Waals surface area (Å²) < 4.78 is 4.81. The van der Waals surface area contributed by atoms with E-state index >= 15 is 0 Å². The SMILES string of the molecule is CCN1CCN(C(=O)c2cncc(Nc3ccccc3C(=O)OC)c2)CC1. The molecule has 2 aromatic rings. The number of likely N-dealkylation sites (N-methyl/N-ethyl adjacent to an activating group) is 1. The number of hydrogen-bond donors (Lipinski definition) is 1. The largest absolute Gasteiger partial charge is 0.465 e. The van der Waals surface area contributed by atoms with Crippen LogP contribution in [0.3, 0.4) is 0 Å². The van der Waals surface area contributed by atoms with Gasteiger partial charge in [0.05, 0.1) is 35.8 Å². The number of piperazine rings is 1. The highest BCUT2D eigenvalue weighted by Crippen LogP contribution is 2.22. The molecule has 0 saturated carbocycles. The maximum Gasteiger partial charge on any atom is 0.339 e. The lowest BCUT2D eigenvalue weighted by Crippen LogP contribution is -2.48. The van der Waals surface area contributed by atoms with Crippen LogP contribution in [0.15, 0.2) is 42.7 Å². The molecule has 0 unspecified atom stereocenters. The van der Waals surface area contributed by atoms with Gasteiger partial charge in [-0.2, -0.15) is 0 Å². The van der Waals surface area contributed by atoms with Crippen molar-refractivity contribution in [2.75, 3.05) is 45.2 Å². The lowest BCUT2D eigenvalue weighted by atomic mass is 10.1. The fourth-order valence-corrected chi connectivity index (χ4v) is 3.11. The highest BCUT2D eigenvalue weighted by Gasteiger charge is 2.22. The number of ether oxygens (including phenoxy) is 1. The van der Waals surface area contributed by atoms with E-state index in [9.17, 15) is 9.59 Å². The van der Waals surface area contributed by atoms with E-state index in [1.165, 1.54) is 7.11 Å². The molecule has 142 valence electrons. The first-order valence-corrected chi connectivity index (χ1v) is 9.03. The first-order chi connectivity index (χ1) is 13.1. The molecule has 1 saturated heterocycles. The number of esters is 1. The van der Waals surface area contributed by atoms with Crippen LogP contribution in [0.5, 0.6) is 0 Å². The molecule has 2 heterocycles. The summed E-state index contributed by atoms with van der Waals surface area (Å²) in [5.41, 5.74) is 2.20. The molecule has 1 aliphatic heterocycles. The van der Waals surface area contributed by atoms with E-state index < -0.39 is 5.97 Å². The Morgan fingerprint density at radius 2 is 1.89 bits per heavy atom. The van der Waals surface area contributed by atoms with Crippen LogP contribution in [0.25, 0.3) is 0 Å². The average molecular weight is 368 g/mol. The summed E-state index contributed by atoms with van der Waals surface area (Å²) >= 11 is 0. The minimum absolute atomic E-state index is 0.0249. The van der Waals surface area contributed by atoms with Crippen LogP contribution in [0.1, 0.15) is 27.6 Å². The second-order valence-electron chi connectivity index (χ2n) is 6.35. The maximum atomic E-state index is 12.8. The highest BCUT2D eigenvalue weighted by molar-refractivity contribution is 5.97. The van der Waals surface area contributed by atoms with E-state index in [4.69, 9.17) is 4.74 Å². The molecule has 1 N–H and O–H groups in total. The molecule has 3 rings (SSSR count). The van der Waals surface area contributed by atoms with Crippen LogP contribution >= 0.6 is 0 Å². The third-order valence-electron chi connectivity index (χ3n) is 4.70. The minimum Gasteiger partial charge on any atom is -0.465 e. The Labute approximate surface area is 158 Å². The number of aromatic nitrogens is 1. The standard InChI is InChI=1S/C20H24N4O3/c1-3-23-8-10-24(11-9-23)19(25)15-12-16(14-21-13-15)22-18-7-5-4-6-17(18)20(26)27-2/h4-7,12-14,22H,3,8-11H2,1-2H3. The Morgan fingerprint density at radius 1 is 1.15 bits per heavy atom. The van der Waals surface area contributed by atoms with Gasteiger partial charge in [0.2, 0.25) is 0 Å². The summed E-state index contributed by atoms with van der Waals surface area (Å²) in [7, 11) is 1.35. The van der Waals surface area contributed by atoms with Gasteiger partial charge in [-0.15, -0.1) is 0 Å². The number of carbonyl (C=O) groups is 2. The Kier molecular flexibility index (Phi) is 6.03. The van der Waals surface area contributed by atoms with Gasteiger partial charge in [0.25, 0.3) is 5.91 Å². The zero-order chi connectivity index (χ0) is 19.2. The Bertz CT molecular complexity index is 816. The Balaban J connectivity index is 1.75. The summed E-state index contributed by atoms with van der Waals surface area (Å²) in [6.07, 6.45) is 3.20. The van der Waals surface area contributed by atoms with E-state index in [-0.39, 0.29) is 5.91 Å². The van der Waals surface area contributed by atoms with Crippen molar-refractivity contribution < 1.29 is 14.3 Å². The summed E-state index contributed by atoms with van der Waals surface area (Å²) in [5.74, 6) is -0.449. The number of para-hydroxylation sites is 1. The molecule has 7 heteroatoms. The van der Waals surface area contributed by atoms with Gasteiger partial charge in [0.15, 0.2) is 0 Å². The fraction of sp³-hybridized carbons (Fsp3) is 0.350. The monoisotopic (exact) mass is 368 g/mol. The van der Waals surface area contributed by atoms with Crippen molar-refractivity contribution in [1.29, 1.82) is 0 Å². The molecule has 7 nitrogen and oxygen atoms in total. The van der Waals surface area contributed by atoms with Crippen LogP contribution in [-0.4, -0.2) is 66.5 Å². The third kappa shape index (κ3) is 4.43. The highest BCUT2D eigenvalue weighted by atomic mass is 16.5. The molecule has 1 aromatic heterocycles. The molecule has 0 aliphatic carbocycles. The Hall–Kier alpha value is -2.93. The molecule has 0 atom stereocenters. The fourth-order valence-electron chi connectivity index (χ4n) is 3.11. The molecule has 1 amide bonds. The normalized spacial score (nSPS) is 14.7. The summed E-state index contributed by atoms with van der Waals surface area (Å²) in [6.45, 7) is 6.34. The summed E-state index contributed by atoms with van der Waals surface area (Å²) in [5, 5.41) is 3.16. The van der Waals surface area contributed by atoms with Gasteiger partial charge >= 0.3 is 5.97 Å². The predicted molar refractivity (Wildman–Crippen MR) is 103 cm³/mol. The first kappa shape index (κ1) is 18.8. The zero-order valence-corrected chi connectivity index (χ0v) is 15.6. The third-order valence-corrected chi connectivity index (χ3v) is 4.70. The smallest absolute Gasteiger partial charge is 0.339 e. The number of carbonyl (C=O) groups excluding carboxylic acids is 2. The Morgan fingerprint density at radius 3 is 2.59 bits per heavy atom. The predicted octanol–water partition coefficient (Wildman–Crippen LogP) is 2.39. The number of pyridine rings is 1. The van der Waals surface area contributed by atoms with Crippen LogP contribution in [0, 0.1) is 0 Å². The van der Waals surface area contributed by atoms with E-state index in [2.05, 4.69) is 22.1 Å². The first-order valence-electron chi connectivity index (χ1n) is 9.03. The number of benzene rings is 1. The number of amides is 1. The summed E-state index contributed by atoms with van der Waals surface area (Å²) in [6, 6.07) is 8.82. The van der Waals surface area contributed by atoms with Crippen molar-refractivity contribution >= 4 is 23.3 Å². The van der Waals surface area contributed by atoms with Gasteiger partial charge in [0, 0.05) is 32.4 Å². The quantitative estimate of drug-likeness (QED) is 0.817. The lowest BCUT2D eigenvalue weighted by molar-refractivity contribution is 0.0600. The van der Waals surface area contributed by atoms with Gasteiger partial charge in [0.1, 0.15) is 0 Å². The molecular formula is C20H24N4O3. The molecule has 27 heavy (non-hydrogen) atoms. The topological polar surface area (TPSA) is 74.8 Å². The van der Waals surface area contributed by atoms with E-state index in [0.717, 1.165) is 32.7 Å². The van der Waals surface area contributed by atoms with Crippen molar-refractivity contribution in [2.24, 2.45) is 0 Å². The zero-order valence-electron chi connectivity index (χ0n) is 15.6. The van der Waals surface area contributed by atoms with Crippen molar-refractivity contribution in [3.8, 4) is 0 Å². The molecule has 0 spiro atoms. The van der Waals surface area contributed by atoms with Gasteiger partial charge < -0.3 is 19.9 Å². The average Bonchev–Trinajstić information content (AvgIpc) is 2.73. The molecule has 0 radical (unpaired) electrons. The number of methoxy groups -OCH3 is 1. The van der Waals surface area contributed by atoms with Crippen molar-refractivity contribution in [3.63, 3.8) is 0 Å². The van der Waals surface area contributed by atoms with Crippen molar-refractivity contribution in [1.82, 2.24) is 14.8 Å².